The monoisotopic (exact) mass is 274 g/mol. The van der Waals surface area contributed by atoms with E-state index in [-0.39, 0.29) is 0 Å². The molecular formula is C16H22N2S. The first-order chi connectivity index (χ1) is 9.26. The number of aryl methyl sites for hydroxylation is 1. The van der Waals surface area contributed by atoms with Crippen LogP contribution in [0, 0.1) is 0 Å². The second-order valence-electron chi connectivity index (χ2n) is 4.75. The number of nitrogens with zero attached hydrogens (tertiary/aromatic N) is 1. The second kappa shape index (κ2) is 6.83. The minimum absolute atomic E-state index is 0.389. The Labute approximate surface area is 119 Å². The average molecular weight is 274 g/mol. The van der Waals surface area contributed by atoms with Gasteiger partial charge in [-0.25, -0.2) is 4.98 Å². The molecular weight excluding hydrogens is 252 g/mol. The minimum atomic E-state index is 0.389. The van der Waals surface area contributed by atoms with Crippen molar-refractivity contribution in [1.29, 1.82) is 0 Å². The largest absolute Gasteiger partial charge is 0.309 e. The molecule has 0 saturated heterocycles. The molecule has 0 amide bonds. The fourth-order valence-corrected chi connectivity index (χ4v) is 3.11. The van der Waals surface area contributed by atoms with Gasteiger partial charge in [-0.05, 0) is 31.9 Å². The fourth-order valence-electron chi connectivity index (χ4n) is 2.11. The molecule has 0 spiro atoms. The van der Waals surface area contributed by atoms with E-state index in [1.807, 2.05) is 6.20 Å². The van der Waals surface area contributed by atoms with E-state index in [1.165, 1.54) is 16.0 Å². The summed E-state index contributed by atoms with van der Waals surface area (Å²) in [6, 6.07) is 8.94. The first-order valence-corrected chi connectivity index (χ1v) is 7.85. The van der Waals surface area contributed by atoms with Crippen molar-refractivity contribution in [2.75, 3.05) is 6.54 Å². The van der Waals surface area contributed by atoms with Crippen LogP contribution in [0.5, 0.6) is 0 Å². The van der Waals surface area contributed by atoms with E-state index in [0.717, 1.165) is 24.4 Å². The molecule has 0 saturated carbocycles. The lowest BCUT2D eigenvalue weighted by atomic mass is 10.1. The predicted molar refractivity (Wildman–Crippen MR) is 83.6 cm³/mol. The minimum Gasteiger partial charge on any atom is -0.309 e. The summed E-state index contributed by atoms with van der Waals surface area (Å²) in [6.45, 7) is 7.65. The summed E-state index contributed by atoms with van der Waals surface area (Å²) in [6.07, 6.45) is 4.23. The van der Waals surface area contributed by atoms with Crippen molar-refractivity contribution in [3.63, 3.8) is 0 Å². The van der Waals surface area contributed by atoms with Crippen LogP contribution in [-0.4, -0.2) is 11.5 Å². The number of hydrogen-bond acceptors (Lipinski definition) is 3. The molecule has 0 aliphatic carbocycles. The molecule has 2 aromatic rings. The van der Waals surface area contributed by atoms with Crippen LogP contribution < -0.4 is 5.32 Å². The lowest BCUT2D eigenvalue weighted by Crippen LogP contribution is -2.18. The molecule has 1 aromatic heterocycles. The molecule has 19 heavy (non-hydrogen) atoms. The molecule has 3 heteroatoms. The molecule has 1 atom stereocenters. The third-order valence-electron chi connectivity index (χ3n) is 3.28. The summed E-state index contributed by atoms with van der Waals surface area (Å²) in [7, 11) is 0. The van der Waals surface area contributed by atoms with Crippen molar-refractivity contribution in [2.24, 2.45) is 0 Å². The molecule has 1 aromatic carbocycles. The van der Waals surface area contributed by atoms with Gasteiger partial charge in [-0.2, -0.15) is 0 Å². The van der Waals surface area contributed by atoms with E-state index in [2.05, 4.69) is 55.3 Å². The molecule has 0 aliphatic rings. The van der Waals surface area contributed by atoms with Crippen molar-refractivity contribution in [3.05, 3.63) is 40.9 Å². The second-order valence-corrected chi connectivity index (χ2v) is 5.82. The highest BCUT2D eigenvalue weighted by molar-refractivity contribution is 7.15. The summed E-state index contributed by atoms with van der Waals surface area (Å²) in [5, 5.41) is 4.65. The Balaban J connectivity index is 2.20. The highest BCUT2D eigenvalue weighted by Gasteiger charge is 2.12. The molecule has 102 valence electrons. The summed E-state index contributed by atoms with van der Waals surface area (Å²) in [5.41, 5.74) is 2.65. The van der Waals surface area contributed by atoms with Crippen molar-refractivity contribution in [1.82, 2.24) is 10.3 Å². The van der Waals surface area contributed by atoms with E-state index in [9.17, 15) is 0 Å². The first kappa shape index (κ1) is 14.2. The molecule has 0 bridgehead atoms. The number of nitrogens with one attached hydrogen (secondary N) is 1. The summed E-state index contributed by atoms with van der Waals surface area (Å²) in [5.74, 6) is 0. The van der Waals surface area contributed by atoms with Gasteiger partial charge in [-0.3, -0.25) is 0 Å². The van der Waals surface area contributed by atoms with Crippen LogP contribution in [0.15, 0.2) is 30.5 Å². The van der Waals surface area contributed by atoms with Crippen molar-refractivity contribution < 1.29 is 0 Å². The SMILES string of the molecule is CCCNC(C)c1cnc(-c2ccccc2CC)s1. The van der Waals surface area contributed by atoms with Gasteiger partial charge in [0.15, 0.2) is 0 Å². The number of hydrogen-bond donors (Lipinski definition) is 1. The normalized spacial score (nSPS) is 12.6. The number of rotatable bonds is 6. The Hall–Kier alpha value is -1.19. The third-order valence-corrected chi connectivity index (χ3v) is 4.49. The van der Waals surface area contributed by atoms with Gasteiger partial charge in [0.2, 0.25) is 0 Å². The van der Waals surface area contributed by atoms with Crippen molar-refractivity contribution in [3.8, 4) is 10.6 Å². The van der Waals surface area contributed by atoms with Crippen LogP contribution in [0.3, 0.4) is 0 Å². The molecule has 2 rings (SSSR count). The quantitative estimate of drug-likeness (QED) is 0.842. The van der Waals surface area contributed by atoms with Gasteiger partial charge in [-0.15, -0.1) is 11.3 Å². The van der Waals surface area contributed by atoms with Crippen LogP contribution in [0.4, 0.5) is 0 Å². The summed E-state index contributed by atoms with van der Waals surface area (Å²) >= 11 is 1.80. The maximum atomic E-state index is 4.60. The van der Waals surface area contributed by atoms with Crippen LogP contribution >= 0.6 is 11.3 Å². The van der Waals surface area contributed by atoms with E-state index < -0.39 is 0 Å². The fraction of sp³-hybridized carbons (Fsp3) is 0.438. The van der Waals surface area contributed by atoms with Gasteiger partial charge in [0.05, 0.1) is 0 Å². The highest BCUT2D eigenvalue weighted by atomic mass is 32.1. The molecule has 0 aliphatic heterocycles. The van der Waals surface area contributed by atoms with Gasteiger partial charge in [0, 0.05) is 22.7 Å². The topological polar surface area (TPSA) is 24.9 Å². The van der Waals surface area contributed by atoms with E-state index >= 15 is 0 Å². The third kappa shape index (κ3) is 3.43. The summed E-state index contributed by atoms with van der Waals surface area (Å²) < 4.78 is 0. The van der Waals surface area contributed by atoms with Gasteiger partial charge < -0.3 is 5.32 Å². The molecule has 1 unspecified atom stereocenters. The number of thiazole rings is 1. The van der Waals surface area contributed by atoms with Gasteiger partial charge in [0.1, 0.15) is 5.01 Å². The van der Waals surface area contributed by atoms with Gasteiger partial charge in [0.25, 0.3) is 0 Å². The lowest BCUT2D eigenvalue weighted by Gasteiger charge is -2.09. The molecule has 1 heterocycles. The number of aromatic nitrogens is 1. The Morgan fingerprint density at radius 3 is 2.79 bits per heavy atom. The Bertz CT molecular complexity index is 519. The van der Waals surface area contributed by atoms with Crippen LogP contribution in [0.2, 0.25) is 0 Å². The van der Waals surface area contributed by atoms with E-state index in [4.69, 9.17) is 0 Å². The predicted octanol–water partition coefficient (Wildman–Crippen LogP) is 4.43. The number of benzene rings is 1. The Morgan fingerprint density at radius 2 is 2.05 bits per heavy atom. The van der Waals surface area contributed by atoms with Crippen LogP contribution in [0.25, 0.3) is 10.6 Å². The zero-order chi connectivity index (χ0) is 13.7. The Morgan fingerprint density at radius 1 is 1.26 bits per heavy atom. The van der Waals surface area contributed by atoms with Gasteiger partial charge in [-0.1, -0.05) is 38.1 Å². The zero-order valence-electron chi connectivity index (χ0n) is 11.9. The highest BCUT2D eigenvalue weighted by Crippen LogP contribution is 2.31. The van der Waals surface area contributed by atoms with Crippen LogP contribution in [0.1, 0.15) is 43.7 Å². The van der Waals surface area contributed by atoms with E-state index in [0.29, 0.717) is 6.04 Å². The maximum Gasteiger partial charge on any atom is 0.123 e. The maximum absolute atomic E-state index is 4.60. The standard InChI is InChI=1S/C16H22N2S/c1-4-10-17-12(3)15-11-18-16(19-15)14-9-7-6-8-13(14)5-2/h6-9,11-12,17H,4-5,10H2,1-3H3. The van der Waals surface area contributed by atoms with Crippen LogP contribution in [-0.2, 0) is 6.42 Å². The zero-order valence-corrected chi connectivity index (χ0v) is 12.8. The molecule has 0 fully saturated rings. The van der Waals surface area contributed by atoms with Crippen molar-refractivity contribution >= 4 is 11.3 Å². The molecule has 2 nitrogen and oxygen atoms in total. The average Bonchev–Trinajstić information content (AvgIpc) is 2.94. The molecule has 1 N–H and O–H groups in total. The first-order valence-electron chi connectivity index (χ1n) is 7.03. The molecule has 0 radical (unpaired) electrons. The summed E-state index contributed by atoms with van der Waals surface area (Å²) in [4.78, 5) is 5.92. The van der Waals surface area contributed by atoms with Crippen molar-refractivity contribution in [2.45, 2.75) is 39.7 Å². The smallest absolute Gasteiger partial charge is 0.123 e. The Kier molecular flexibility index (Phi) is 5.11. The van der Waals surface area contributed by atoms with E-state index in [1.54, 1.807) is 11.3 Å². The van der Waals surface area contributed by atoms with Gasteiger partial charge >= 0.3 is 0 Å². The lowest BCUT2D eigenvalue weighted by molar-refractivity contribution is 0.577.